The van der Waals surface area contributed by atoms with Crippen molar-refractivity contribution < 1.29 is 9.59 Å². The van der Waals surface area contributed by atoms with Crippen molar-refractivity contribution in [1.29, 1.82) is 0 Å². The topological polar surface area (TPSA) is 52.7 Å². The molecular formula is C21H22BrN3O2. The largest absolute Gasteiger partial charge is 0.337 e. The summed E-state index contributed by atoms with van der Waals surface area (Å²) in [6, 6.07) is 17.2. The quantitative estimate of drug-likeness (QED) is 0.745. The van der Waals surface area contributed by atoms with Crippen LogP contribution in [0.1, 0.15) is 5.56 Å². The first kappa shape index (κ1) is 19.3. The van der Waals surface area contributed by atoms with Gasteiger partial charge in [-0.15, -0.1) is 0 Å². The molecule has 0 aliphatic carbocycles. The Morgan fingerprint density at radius 1 is 0.963 bits per heavy atom. The van der Waals surface area contributed by atoms with Crippen LogP contribution < -0.4 is 5.32 Å². The average Bonchev–Trinajstić information content (AvgIpc) is 2.68. The van der Waals surface area contributed by atoms with Crippen molar-refractivity contribution in [2.45, 2.75) is 0 Å². The Kier molecular flexibility index (Phi) is 6.79. The van der Waals surface area contributed by atoms with E-state index in [1.54, 1.807) is 6.08 Å². The summed E-state index contributed by atoms with van der Waals surface area (Å²) in [4.78, 5) is 28.4. The predicted molar refractivity (Wildman–Crippen MR) is 111 cm³/mol. The Bertz CT molecular complexity index is 815. The van der Waals surface area contributed by atoms with Crippen LogP contribution in [-0.4, -0.2) is 54.3 Å². The SMILES string of the molecule is O=C(CN1CCN(C(=O)/C=C/c2ccccc2Br)CC1)Nc1ccccc1. The van der Waals surface area contributed by atoms with Gasteiger partial charge in [0.2, 0.25) is 11.8 Å². The van der Waals surface area contributed by atoms with E-state index in [9.17, 15) is 9.59 Å². The first-order valence-electron chi connectivity index (χ1n) is 8.90. The van der Waals surface area contributed by atoms with E-state index >= 15 is 0 Å². The minimum Gasteiger partial charge on any atom is -0.337 e. The molecular weight excluding hydrogens is 406 g/mol. The smallest absolute Gasteiger partial charge is 0.246 e. The normalized spacial score (nSPS) is 15.1. The number of nitrogens with one attached hydrogen (secondary N) is 1. The molecule has 1 aliphatic heterocycles. The lowest BCUT2D eigenvalue weighted by molar-refractivity contribution is -0.127. The summed E-state index contributed by atoms with van der Waals surface area (Å²) in [5.74, 6) is -0.0334. The van der Waals surface area contributed by atoms with Gasteiger partial charge in [-0.25, -0.2) is 0 Å². The number of piperazine rings is 1. The molecule has 2 aromatic carbocycles. The molecule has 0 atom stereocenters. The Balaban J connectivity index is 1.45. The van der Waals surface area contributed by atoms with Gasteiger partial charge in [-0.3, -0.25) is 14.5 Å². The van der Waals surface area contributed by atoms with E-state index in [-0.39, 0.29) is 11.8 Å². The second-order valence-corrected chi connectivity index (χ2v) is 7.22. The van der Waals surface area contributed by atoms with E-state index in [2.05, 4.69) is 26.1 Å². The highest BCUT2D eigenvalue weighted by Gasteiger charge is 2.21. The maximum atomic E-state index is 12.4. The summed E-state index contributed by atoms with van der Waals surface area (Å²) in [7, 11) is 0. The van der Waals surface area contributed by atoms with Crippen LogP contribution in [0.15, 0.2) is 65.1 Å². The van der Waals surface area contributed by atoms with E-state index in [0.717, 1.165) is 15.7 Å². The monoisotopic (exact) mass is 427 g/mol. The van der Waals surface area contributed by atoms with E-state index in [0.29, 0.717) is 32.7 Å². The first-order valence-corrected chi connectivity index (χ1v) is 9.70. The van der Waals surface area contributed by atoms with Crippen LogP contribution in [0.4, 0.5) is 5.69 Å². The average molecular weight is 428 g/mol. The van der Waals surface area contributed by atoms with Crippen molar-refractivity contribution in [3.8, 4) is 0 Å². The molecule has 0 saturated carbocycles. The van der Waals surface area contributed by atoms with Crippen LogP contribution in [0.5, 0.6) is 0 Å². The zero-order valence-corrected chi connectivity index (χ0v) is 16.6. The van der Waals surface area contributed by atoms with Gasteiger partial charge in [-0.2, -0.15) is 0 Å². The summed E-state index contributed by atoms with van der Waals surface area (Å²) in [5.41, 5.74) is 1.77. The third-order valence-corrected chi connectivity index (χ3v) is 5.14. The number of anilines is 1. The van der Waals surface area contributed by atoms with Crippen molar-refractivity contribution in [1.82, 2.24) is 9.80 Å². The fraction of sp³-hybridized carbons (Fsp3) is 0.238. The van der Waals surface area contributed by atoms with Gasteiger partial charge in [0.1, 0.15) is 0 Å². The number of benzene rings is 2. The number of carbonyl (C=O) groups excluding carboxylic acids is 2. The Morgan fingerprint density at radius 2 is 1.63 bits per heavy atom. The predicted octanol–water partition coefficient (Wildman–Crippen LogP) is 3.25. The Hall–Kier alpha value is -2.44. The van der Waals surface area contributed by atoms with Gasteiger partial charge in [-0.1, -0.05) is 52.3 Å². The van der Waals surface area contributed by atoms with Crippen LogP contribution in [0.25, 0.3) is 6.08 Å². The number of para-hydroxylation sites is 1. The maximum absolute atomic E-state index is 12.4. The molecule has 0 radical (unpaired) electrons. The third kappa shape index (κ3) is 5.77. The second-order valence-electron chi connectivity index (χ2n) is 6.37. The second kappa shape index (κ2) is 9.48. The van der Waals surface area contributed by atoms with Crippen LogP contribution in [-0.2, 0) is 9.59 Å². The lowest BCUT2D eigenvalue weighted by atomic mass is 10.2. The molecule has 1 heterocycles. The van der Waals surface area contributed by atoms with Crippen LogP contribution in [0.2, 0.25) is 0 Å². The molecule has 0 unspecified atom stereocenters. The molecule has 1 N–H and O–H groups in total. The fourth-order valence-electron chi connectivity index (χ4n) is 2.93. The molecule has 2 amide bonds. The molecule has 1 saturated heterocycles. The number of carbonyl (C=O) groups is 2. The number of amides is 2. The van der Waals surface area contributed by atoms with Gasteiger partial charge in [0.15, 0.2) is 0 Å². The van der Waals surface area contributed by atoms with Crippen molar-refractivity contribution in [3.05, 3.63) is 70.7 Å². The highest BCUT2D eigenvalue weighted by molar-refractivity contribution is 9.10. The molecule has 6 heteroatoms. The zero-order valence-electron chi connectivity index (χ0n) is 15.0. The lowest BCUT2D eigenvalue weighted by Crippen LogP contribution is -2.50. The summed E-state index contributed by atoms with van der Waals surface area (Å²) in [6.07, 6.45) is 3.43. The minimum absolute atomic E-state index is 0.000796. The van der Waals surface area contributed by atoms with Crippen molar-refractivity contribution in [2.24, 2.45) is 0 Å². The minimum atomic E-state index is -0.0326. The van der Waals surface area contributed by atoms with Gasteiger partial charge in [0.25, 0.3) is 0 Å². The van der Waals surface area contributed by atoms with Crippen LogP contribution in [0, 0.1) is 0 Å². The standard InChI is InChI=1S/C21H22BrN3O2/c22-19-9-5-4-6-17(19)10-11-21(27)25-14-12-24(13-15-25)16-20(26)23-18-7-2-1-3-8-18/h1-11H,12-16H2,(H,23,26)/b11-10+. The van der Waals surface area contributed by atoms with Gasteiger partial charge >= 0.3 is 0 Å². The summed E-state index contributed by atoms with van der Waals surface area (Å²) >= 11 is 3.48. The maximum Gasteiger partial charge on any atom is 0.246 e. The highest BCUT2D eigenvalue weighted by Crippen LogP contribution is 2.17. The molecule has 140 valence electrons. The van der Waals surface area contributed by atoms with Crippen molar-refractivity contribution >= 4 is 39.5 Å². The first-order chi connectivity index (χ1) is 13.1. The molecule has 1 aliphatic rings. The van der Waals surface area contributed by atoms with Crippen molar-refractivity contribution in [3.63, 3.8) is 0 Å². The van der Waals surface area contributed by atoms with Gasteiger partial charge in [0.05, 0.1) is 6.54 Å². The summed E-state index contributed by atoms with van der Waals surface area (Å²) < 4.78 is 0.961. The molecule has 1 fully saturated rings. The fourth-order valence-corrected chi connectivity index (χ4v) is 3.35. The lowest BCUT2D eigenvalue weighted by Gasteiger charge is -2.33. The molecule has 0 aromatic heterocycles. The van der Waals surface area contributed by atoms with Gasteiger partial charge < -0.3 is 10.2 Å². The van der Waals surface area contributed by atoms with Crippen LogP contribution >= 0.6 is 15.9 Å². The Labute approximate surface area is 167 Å². The molecule has 5 nitrogen and oxygen atoms in total. The van der Waals surface area contributed by atoms with Crippen LogP contribution in [0.3, 0.4) is 0 Å². The van der Waals surface area contributed by atoms with Crippen molar-refractivity contribution in [2.75, 3.05) is 38.0 Å². The highest BCUT2D eigenvalue weighted by atomic mass is 79.9. The Morgan fingerprint density at radius 3 is 2.33 bits per heavy atom. The van der Waals surface area contributed by atoms with E-state index in [1.165, 1.54) is 0 Å². The summed E-state index contributed by atoms with van der Waals surface area (Å²) in [5, 5.41) is 2.89. The summed E-state index contributed by atoms with van der Waals surface area (Å²) in [6.45, 7) is 2.97. The molecule has 0 bridgehead atoms. The number of hydrogen-bond acceptors (Lipinski definition) is 3. The number of hydrogen-bond donors (Lipinski definition) is 1. The van der Waals surface area contributed by atoms with E-state index in [4.69, 9.17) is 0 Å². The molecule has 27 heavy (non-hydrogen) atoms. The molecule has 0 spiro atoms. The van der Waals surface area contributed by atoms with E-state index < -0.39 is 0 Å². The number of rotatable bonds is 5. The number of halogens is 1. The third-order valence-electron chi connectivity index (χ3n) is 4.42. The van der Waals surface area contributed by atoms with E-state index in [1.807, 2.05) is 65.6 Å². The molecule has 3 rings (SSSR count). The van der Waals surface area contributed by atoms with Gasteiger partial charge in [0, 0.05) is 42.4 Å². The zero-order chi connectivity index (χ0) is 19.1. The molecule has 2 aromatic rings. The number of nitrogens with zero attached hydrogens (tertiary/aromatic N) is 2. The van der Waals surface area contributed by atoms with Gasteiger partial charge in [-0.05, 0) is 29.8 Å².